The van der Waals surface area contributed by atoms with Gasteiger partial charge in [0.15, 0.2) is 6.29 Å². The Morgan fingerprint density at radius 2 is 2.36 bits per heavy atom. The first-order chi connectivity index (χ1) is 6.69. The van der Waals surface area contributed by atoms with Crippen molar-refractivity contribution < 1.29 is 9.53 Å². The van der Waals surface area contributed by atoms with Gasteiger partial charge in [0.05, 0.1) is 6.61 Å². The van der Waals surface area contributed by atoms with Gasteiger partial charge in [-0.2, -0.15) is 0 Å². The molecule has 0 atom stereocenters. The summed E-state index contributed by atoms with van der Waals surface area (Å²) in [5.74, 6) is 0.470. The maximum Gasteiger partial charge on any atom is 0.150 e. The van der Waals surface area contributed by atoms with Gasteiger partial charge in [-0.1, -0.05) is 18.2 Å². The standard InChI is InChI=1S/C11H11ClO2/c1-3-14-8(2)11-6-10(12)5-4-9(11)7-13/h4-7H,2-3H2,1H3. The third kappa shape index (κ3) is 2.36. The predicted octanol–water partition coefficient (Wildman–Crippen LogP) is 3.16. The Labute approximate surface area is 88.1 Å². The molecule has 2 nitrogen and oxygen atoms in total. The van der Waals surface area contributed by atoms with Gasteiger partial charge in [0.25, 0.3) is 0 Å². The fourth-order valence-corrected chi connectivity index (χ4v) is 1.30. The summed E-state index contributed by atoms with van der Waals surface area (Å²) in [5.41, 5.74) is 1.18. The highest BCUT2D eigenvalue weighted by Gasteiger charge is 2.06. The van der Waals surface area contributed by atoms with Gasteiger partial charge < -0.3 is 4.74 Å². The second-order valence-corrected chi connectivity index (χ2v) is 3.14. The number of halogens is 1. The molecule has 1 aromatic rings. The van der Waals surface area contributed by atoms with Gasteiger partial charge in [0.1, 0.15) is 5.76 Å². The molecule has 0 spiro atoms. The summed E-state index contributed by atoms with van der Waals surface area (Å²) in [5, 5.41) is 0.562. The van der Waals surface area contributed by atoms with Crippen LogP contribution in [0, 0.1) is 0 Å². The van der Waals surface area contributed by atoms with Gasteiger partial charge in [0, 0.05) is 16.1 Å². The first kappa shape index (κ1) is 10.8. The van der Waals surface area contributed by atoms with E-state index in [1.54, 1.807) is 18.2 Å². The van der Waals surface area contributed by atoms with Crippen LogP contribution in [0.25, 0.3) is 5.76 Å². The molecular weight excluding hydrogens is 200 g/mol. The molecule has 0 aliphatic heterocycles. The molecule has 0 bridgehead atoms. The van der Waals surface area contributed by atoms with Crippen molar-refractivity contribution in [2.45, 2.75) is 6.92 Å². The monoisotopic (exact) mass is 210 g/mol. The van der Waals surface area contributed by atoms with Crippen molar-refractivity contribution in [3.8, 4) is 0 Å². The fraction of sp³-hybridized carbons (Fsp3) is 0.182. The minimum absolute atomic E-state index is 0.470. The van der Waals surface area contributed by atoms with E-state index in [0.29, 0.717) is 28.5 Å². The Bertz CT molecular complexity index is 358. The second-order valence-electron chi connectivity index (χ2n) is 2.71. The molecule has 0 amide bonds. The highest BCUT2D eigenvalue weighted by molar-refractivity contribution is 6.30. The van der Waals surface area contributed by atoms with Crippen LogP contribution in [0.4, 0.5) is 0 Å². The Morgan fingerprint density at radius 1 is 1.64 bits per heavy atom. The summed E-state index contributed by atoms with van der Waals surface area (Å²) >= 11 is 5.81. The first-order valence-corrected chi connectivity index (χ1v) is 4.63. The van der Waals surface area contributed by atoms with E-state index in [-0.39, 0.29) is 0 Å². The number of benzene rings is 1. The van der Waals surface area contributed by atoms with Crippen LogP contribution in [-0.2, 0) is 4.74 Å². The van der Waals surface area contributed by atoms with Crippen molar-refractivity contribution >= 4 is 23.6 Å². The zero-order valence-corrected chi connectivity index (χ0v) is 8.67. The molecule has 0 unspecified atom stereocenters. The Balaban J connectivity index is 3.10. The number of hydrogen-bond donors (Lipinski definition) is 0. The molecule has 0 radical (unpaired) electrons. The molecule has 3 heteroatoms. The predicted molar refractivity (Wildman–Crippen MR) is 57.5 cm³/mol. The summed E-state index contributed by atoms with van der Waals surface area (Å²) in [6, 6.07) is 4.98. The van der Waals surface area contributed by atoms with Gasteiger partial charge in [0.2, 0.25) is 0 Å². The van der Waals surface area contributed by atoms with Crippen LogP contribution in [0.15, 0.2) is 24.8 Å². The van der Waals surface area contributed by atoms with Crippen LogP contribution in [0.1, 0.15) is 22.8 Å². The molecule has 1 aromatic carbocycles. The number of aldehydes is 1. The number of carbonyl (C=O) groups is 1. The molecular formula is C11H11ClO2. The Morgan fingerprint density at radius 3 is 2.93 bits per heavy atom. The van der Waals surface area contributed by atoms with E-state index in [2.05, 4.69) is 6.58 Å². The molecule has 14 heavy (non-hydrogen) atoms. The molecule has 1 rings (SSSR count). The third-order valence-corrected chi connectivity index (χ3v) is 2.00. The van der Waals surface area contributed by atoms with Crippen LogP contribution in [0.3, 0.4) is 0 Å². The van der Waals surface area contributed by atoms with Gasteiger partial charge in [-0.05, 0) is 25.1 Å². The lowest BCUT2D eigenvalue weighted by Gasteiger charge is -2.09. The van der Waals surface area contributed by atoms with E-state index < -0.39 is 0 Å². The molecule has 0 aromatic heterocycles. The largest absolute Gasteiger partial charge is 0.494 e. The summed E-state index contributed by atoms with van der Waals surface area (Å²) in [4.78, 5) is 10.7. The fourth-order valence-electron chi connectivity index (χ4n) is 1.12. The van der Waals surface area contributed by atoms with Crippen molar-refractivity contribution in [3.05, 3.63) is 40.9 Å². The minimum Gasteiger partial charge on any atom is -0.494 e. The second kappa shape index (κ2) is 4.82. The molecule has 0 saturated carbocycles. The summed E-state index contributed by atoms with van der Waals surface area (Å²) in [7, 11) is 0. The number of ether oxygens (including phenoxy) is 1. The van der Waals surface area contributed by atoms with Crippen LogP contribution in [-0.4, -0.2) is 12.9 Å². The van der Waals surface area contributed by atoms with Crippen molar-refractivity contribution in [1.82, 2.24) is 0 Å². The number of carbonyl (C=O) groups excluding carboxylic acids is 1. The number of rotatable bonds is 4. The Kier molecular flexibility index (Phi) is 3.72. The number of hydrogen-bond acceptors (Lipinski definition) is 2. The van der Waals surface area contributed by atoms with Gasteiger partial charge in [-0.25, -0.2) is 0 Å². The highest BCUT2D eigenvalue weighted by Crippen LogP contribution is 2.21. The van der Waals surface area contributed by atoms with E-state index in [0.717, 1.165) is 6.29 Å². The molecule has 0 N–H and O–H groups in total. The highest BCUT2D eigenvalue weighted by atomic mass is 35.5. The Hall–Kier alpha value is -1.28. The third-order valence-electron chi connectivity index (χ3n) is 1.76. The first-order valence-electron chi connectivity index (χ1n) is 4.25. The van der Waals surface area contributed by atoms with Crippen LogP contribution < -0.4 is 0 Å². The average Bonchev–Trinajstić information content (AvgIpc) is 2.18. The zero-order valence-electron chi connectivity index (χ0n) is 7.92. The van der Waals surface area contributed by atoms with Crippen molar-refractivity contribution in [2.75, 3.05) is 6.61 Å². The van der Waals surface area contributed by atoms with E-state index in [9.17, 15) is 4.79 Å². The van der Waals surface area contributed by atoms with Crippen LogP contribution in [0.5, 0.6) is 0 Å². The lowest BCUT2D eigenvalue weighted by Crippen LogP contribution is -1.95. The van der Waals surface area contributed by atoms with E-state index >= 15 is 0 Å². The van der Waals surface area contributed by atoms with E-state index in [4.69, 9.17) is 16.3 Å². The lowest BCUT2D eigenvalue weighted by atomic mass is 10.1. The van der Waals surface area contributed by atoms with Gasteiger partial charge >= 0.3 is 0 Å². The van der Waals surface area contributed by atoms with Crippen molar-refractivity contribution in [2.24, 2.45) is 0 Å². The van der Waals surface area contributed by atoms with Crippen molar-refractivity contribution in [3.63, 3.8) is 0 Å². The topological polar surface area (TPSA) is 26.3 Å². The smallest absolute Gasteiger partial charge is 0.150 e. The van der Waals surface area contributed by atoms with Crippen LogP contribution >= 0.6 is 11.6 Å². The molecule has 0 heterocycles. The summed E-state index contributed by atoms with van der Waals surface area (Å²) in [6.45, 7) is 6.10. The summed E-state index contributed by atoms with van der Waals surface area (Å²) < 4.78 is 5.21. The molecule has 0 saturated heterocycles. The lowest BCUT2D eigenvalue weighted by molar-refractivity contribution is 0.112. The van der Waals surface area contributed by atoms with Crippen LogP contribution in [0.2, 0.25) is 5.02 Å². The van der Waals surface area contributed by atoms with Gasteiger partial charge in [-0.15, -0.1) is 0 Å². The SMILES string of the molecule is C=C(OCC)c1cc(Cl)ccc1C=O. The van der Waals surface area contributed by atoms with E-state index in [1.165, 1.54) is 0 Å². The summed E-state index contributed by atoms with van der Waals surface area (Å²) in [6.07, 6.45) is 0.760. The minimum atomic E-state index is 0.470. The zero-order chi connectivity index (χ0) is 10.6. The quantitative estimate of drug-likeness (QED) is 0.564. The van der Waals surface area contributed by atoms with E-state index in [1.807, 2.05) is 6.92 Å². The maximum atomic E-state index is 10.7. The molecule has 0 aliphatic carbocycles. The normalized spacial score (nSPS) is 9.57. The van der Waals surface area contributed by atoms with Gasteiger partial charge in [-0.3, -0.25) is 4.79 Å². The van der Waals surface area contributed by atoms with Crippen molar-refractivity contribution in [1.29, 1.82) is 0 Å². The maximum absolute atomic E-state index is 10.7. The molecule has 0 fully saturated rings. The molecule has 74 valence electrons. The molecule has 0 aliphatic rings. The average molecular weight is 211 g/mol.